The van der Waals surface area contributed by atoms with Gasteiger partial charge in [-0.25, -0.2) is 26.8 Å². The van der Waals surface area contributed by atoms with Crippen LogP contribution < -0.4 is 10.5 Å². The van der Waals surface area contributed by atoms with Crippen LogP contribution in [0.3, 0.4) is 0 Å². The van der Waals surface area contributed by atoms with Crippen molar-refractivity contribution in [1.29, 1.82) is 0 Å². The number of anilines is 1. The first-order valence-corrected chi connectivity index (χ1v) is 17.3. The molecule has 10 nitrogen and oxygen atoms in total. The first-order chi connectivity index (χ1) is 21.1. The summed E-state index contributed by atoms with van der Waals surface area (Å²) in [7, 11) is -10.4. The third-order valence-electron chi connectivity index (χ3n) is 9.09. The molecule has 3 aliphatic rings. The number of sulfonamides is 1. The zero-order valence-electron chi connectivity index (χ0n) is 23.8. The highest BCUT2D eigenvalue weighted by molar-refractivity contribution is 7.92. The maximum atomic E-state index is 13.5. The summed E-state index contributed by atoms with van der Waals surface area (Å²) in [5.74, 6) is 0.0557. The van der Waals surface area contributed by atoms with Crippen LogP contribution in [-0.4, -0.2) is 81.1 Å². The Labute approximate surface area is 258 Å². The van der Waals surface area contributed by atoms with Crippen molar-refractivity contribution < 1.29 is 39.9 Å². The van der Waals surface area contributed by atoms with Gasteiger partial charge in [-0.3, -0.25) is 4.90 Å². The van der Waals surface area contributed by atoms with E-state index in [4.69, 9.17) is 5.14 Å². The van der Waals surface area contributed by atoms with Gasteiger partial charge in [0.15, 0.2) is 0 Å². The third-order valence-corrected chi connectivity index (χ3v) is 11.5. The number of nitrogens with one attached hydrogen (secondary N) is 1. The summed E-state index contributed by atoms with van der Waals surface area (Å²) in [4.78, 5) is 13.6. The van der Waals surface area contributed by atoms with E-state index in [1.807, 2.05) is 24.3 Å². The molecular weight excluding hydrogens is 633 g/mol. The number of alkyl halides is 3. The van der Waals surface area contributed by atoms with E-state index in [1.165, 1.54) is 16.0 Å². The predicted molar refractivity (Wildman–Crippen MR) is 160 cm³/mol. The predicted octanol–water partition coefficient (Wildman–Crippen LogP) is 4.44. The molecule has 3 aromatic rings. The number of carboxylic acid groups (broad SMARTS) is 1. The largest absolute Gasteiger partial charge is 0.501 e. The number of piperazine rings is 1. The van der Waals surface area contributed by atoms with Crippen LogP contribution >= 0.6 is 0 Å². The minimum atomic E-state index is -5.89. The van der Waals surface area contributed by atoms with Gasteiger partial charge in [-0.05, 0) is 59.7 Å². The van der Waals surface area contributed by atoms with Crippen molar-refractivity contribution in [2.75, 3.05) is 25.0 Å². The lowest BCUT2D eigenvalue weighted by Gasteiger charge is -2.51. The lowest BCUT2D eigenvalue weighted by molar-refractivity contribution is -0.0435. The molecule has 2 fully saturated rings. The third kappa shape index (κ3) is 5.77. The lowest BCUT2D eigenvalue weighted by atomic mass is 9.82. The van der Waals surface area contributed by atoms with Gasteiger partial charge in [0.25, 0.3) is 9.84 Å². The number of rotatable bonds is 7. The molecule has 0 aromatic heterocycles. The number of nitrogens with two attached hydrogens (primary N) is 1. The zero-order chi connectivity index (χ0) is 32.3. The number of halogens is 3. The topological polar surface area (TPSA) is 150 Å². The zero-order valence-corrected chi connectivity index (χ0v) is 25.4. The van der Waals surface area contributed by atoms with Gasteiger partial charge in [-0.1, -0.05) is 48.5 Å². The van der Waals surface area contributed by atoms with Crippen molar-refractivity contribution in [2.45, 2.75) is 58.6 Å². The summed E-state index contributed by atoms with van der Waals surface area (Å²) in [6, 6.07) is 18.1. The normalized spacial score (nSPS) is 22.4. The molecule has 6 rings (SSSR count). The SMILES string of the molecule is NS(=O)(=O)c1ccc(NC2CC(N3CCN(C(=O)O)CC3CC3c4ccccc4-c4ccccc43)C2)c(S(=O)(=O)C(F)(F)F)c1. The minimum absolute atomic E-state index is 0.0262. The molecule has 1 atom stereocenters. The number of amides is 1. The Hall–Kier alpha value is -3.66. The Morgan fingerprint density at radius 1 is 0.933 bits per heavy atom. The highest BCUT2D eigenvalue weighted by Gasteiger charge is 2.49. The van der Waals surface area contributed by atoms with Crippen LogP contribution in [0.25, 0.3) is 11.1 Å². The molecule has 1 saturated carbocycles. The molecular formula is C30H31F3N4O6S2. The van der Waals surface area contributed by atoms with Gasteiger partial charge in [0.1, 0.15) is 4.90 Å². The van der Waals surface area contributed by atoms with Crippen LogP contribution in [0.1, 0.15) is 36.3 Å². The smallest absolute Gasteiger partial charge is 0.465 e. The lowest BCUT2D eigenvalue weighted by Crippen LogP contribution is -2.61. The molecule has 4 N–H and O–H groups in total. The molecule has 1 aliphatic heterocycles. The molecule has 3 aromatic carbocycles. The van der Waals surface area contributed by atoms with Crippen LogP contribution in [-0.2, 0) is 19.9 Å². The molecule has 1 heterocycles. The molecule has 1 amide bonds. The fraction of sp³-hybridized carbons (Fsp3) is 0.367. The Bertz CT molecular complexity index is 1820. The van der Waals surface area contributed by atoms with Gasteiger partial charge in [-0.2, -0.15) is 13.2 Å². The van der Waals surface area contributed by atoms with E-state index < -0.39 is 47.3 Å². The van der Waals surface area contributed by atoms with Crippen molar-refractivity contribution in [3.8, 4) is 11.1 Å². The van der Waals surface area contributed by atoms with Crippen LogP contribution in [0.15, 0.2) is 76.5 Å². The average molecular weight is 665 g/mol. The van der Waals surface area contributed by atoms with Crippen LogP contribution in [0.5, 0.6) is 0 Å². The molecule has 1 unspecified atom stereocenters. The van der Waals surface area contributed by atoms with Crippen LogP contribution in [0, 0.1) is 0 Å². The monoisotopic (exact) mass is 664 g/mol. The number of carbonyl (C=O) groups is 1. The summed E-state index contributed by atoms with van der Waals surface area (Å²) in [5.41, 5.74) is -1.35. The van der Waals surface area contributed by atoms with Gasteiger partial charge >= 0.3 is 11.6 Å². The molecule has 2 aliphatic carbocycles. The van der Waals surface area contributed by atoms with Gasteiger partial charge in [0, 0.05) is 43.7 Å². The number of hydrogen-bond acceptors (Lipinski definition) is 7. The van der Waals surface area contributed by atoms with Crippen molar-refractivity contribution in [3.63, 3.8) is 0 Å². The van der Waals surface area contributed by atoms with E-state index in [0.717, 1.165) is 23.3 Å². The highest BCUT2D eigenvalue weighted by atomic mass is 32.2. The summed E-state index contributed by atoms with van der Waals surface area (Å²) in [5, 5.41) is 17.7. The van der Waals surface area contributed by atoms with E-state index in [9.17, 15) is 39.9 Å². The van der Waals surface area contributed by atoms with Crippen molar-refractivity contribution in [3.05, 3.63) is 77.9 Å². The Kier molecular flexibility index (Phi) is 7.86. The molecule has 1 saturated heterocycles. The highest BCUT2D eigenvalue weighted by Crippen LogP contribution is 2.48. The second-order valence-corrected chi connectivity index (χ2v) is 15.2. The van der Waals surface area contributed by atoms with E-state index in [0.29, 0.717) is 45.0 Å². The first-order valence-electron chi connectivity index (χ1n) is 14.3. The van der Waals surface area contributed by atoms with Crippen molar-refractivity contribution in [2.24, 2.45) is 5.14 Å². The minimum Gasteiger partial charge on any atom is -0.465 e. The fourth-order valence-corrected chi connectivity index (χ4v) is 8.42. The number of benzene rings is 3. The van der Waals surface area contributed by atoms with Gasteiger partial charge in [-0.15, -0.1) is 0 Å². The van der Waals surface area contributed by atoms with Crippen molar-refractivity contribution >= 4 is 31.6 Å². The molecule has 45 heavy (non-hydrogen) atoms. The van der Waals surface area contributed by atoms with E-state index in [1.54, 1.807) is 0 Å². The Balaban J connectivity index is 1.23. The molecule has 0 bridgehead atoms. The number of nitrogens with zero attached hydrogens (tertiary/aromatic N) is 2. The number of fused-ring (bicyclic) bond motifs is 3. The number of sulfone groups is 1. The first kappa shape index (κ1) is 31.3. The summed E-state index contributed by atoms with van der Waals surface area (Å²) in [6.07, 6.45) is 0.588. The maximum absolute atomic E-state index is 13.5. The van der Waals surface area contributed by atoms with E-state index >= 15 is 0 Å². The maximum Gasteiger partial charge on any atom is 0.501 e. The molecule has 240 valence electrons. The quantitative estimate of drug-likeness (QED) is 0.336. The summed E-state index contributed by atoms with van der Waals surface area (Å²) >= 11 is 0. The van der Waals surface area contributed by atoms with E-state index in [2.05, 4.69) is 34.5 Å². The Morgan fingerprint density at radius 2 is 1.53 bits per heavy atom. The fourth-order valence-electron chi connectivity index (χ4n) is 6.86. The van der Waals surface area contributed by atoms with Crippen molar-refractivity contribution in [1.82, 2.24) is 9.80 Å². The van der Waals surface area contributed by atoms with Gasteiger partial charge < -0.3 is 15.3 Å². The van der Waals surface area contributed by atoms with E-state index in [-0.39, 0.29) is 23.7 Å². The van der Waals surface area contributed by atoms with Gasteiger partial charge in [0.2, 0.25) is 10.0 Å². The van der Waals surface area contributed by atoms with Crippen LogP contribution in [0.4, 0.5) is 23.7 Å². The molecule has 0 radical (unpaired) electrons. The second kappa shape index (κ2) is 11.3. The number of primary sulfonamides is 1. The van der Waals surface area contributed by atoms with Gasteiger partial charge in [0.05, 0.1) is 10.6 Å². The second-order valence-electron chi connectivity index (χ2n) is 11.7. The molecule has 15 heteroatoms. The average Bonchev–Trinajstić information content (AvgIpc) is 3.27. The summed E-state index contributed by atoms with van der Waals surface area (Å²) in [6.45, 7) is 1.08. The standard InChI is InChI=1S/C30H31F3N4O6S2/c31-30(32,33)44(40,41)28-16-21(45(34,42)43)9-10-27(28)35-18-13-19(14-18)37-12-11-36(29(38)39)17-20(37)15-26-24-7-3-1-5-22(24)23-6-2-4-8-25(23)26/h1-10,16,18-20,26,35H,11-15,17H2,(H,38,39)(H2,34,42,43). The molecule has 0 spiro atoms. The summed E-state index contributed by atoms with van der Waals surface area (Å²) < 4.78 is 88.8. The number of hydrogen-bond donors (Lipinski definition) is 3. The van der Waals surface area contributed by atoms with Crippen LogP contribution in [0.2, 0.25) is 0 Å². The Morgan fingerprint density at radius 3 is 2.09 bits per heavy atom.